The summed E-state index contributed by atoms with van der Waals surface area (Å²) in [5.74, 6) is 3.53. The van der Waals surface area contributed by atoms with Crippen LogP contribution in [-0.2, 0) is 66.9 Å². The van der Waals surface area contributed by atoms with E-state index in [9.17, 15) is 43.2 Å². The maximum absolute atomic E-state index is 13.7. The fourth-order valence-electron chi connectivity index (χ4n) is 13.0. The summed E-state index contributed by atoms with van der Waals surface area (Å²) in [6.45, 7) is 3.75. The molecule has 0 bridgehead atoms. The molecule has 0 radical (unpaired) electrons. The molecular weight excluding hydrogens is 1340 g/mol. The molecule has 548 valence electrons. The highest BCUT2D eigenvalue weighted by Gasteiger charge is 2.45. The molecule has 3 aromatic heterocycles. The second kappa shape index (κ2) is 35.2. The highest BCUT2D eigenvalue weighted by molar-refractivity contribution is 6.07. The topological polar surface area (TPSA) is 402 Å². The lowest BCUT2D eigenvalue weighted by Gasteiger charge is -2.45. The number of carbonyl (C=O) groups excluding carboxylic acids is 8. The molecule has 2 atom stereocenters. The number of likely N-dealkylation sites (tertiary alicyclic amines) is 1. The molecule has 4 fully saturated rings. The van der Waals surface area contributed by atoms with Crippen molar-refractivity contribution in [3.8, 4) is 28.7 Å². The van der Waals surface area contributed by atoms with Crippen LogP contribution in [0.2, 0.25) is 0 Å². The summed E-state index contributed by atoms with van der Waals surface area (Å²) in [5.41, 5.74) is 14.8. The minimum absolute atomic E-state index is 0.0187. The van der Waals surface area contributed by atoms with Gasteiger partial charge in [-0.1, -0.05) is 78.6 Å². The Kier molecular flexibility index (Phi) is 25.6. The van der Waals surface area contributed by atoms with Crippen molar-refractivity contribution >= 4 is 87.3 Å². The van der Waals surface area contributed by atoms with Crippen LogP contribution in [0.5, 0.6) is 5.75 Å². The number of carbonyl (C=O) groups is 9. The van der Waals surface area contributed by atoms with E-state index >= 15 is 0 Å². The van der Waals surface area contributed by atoms with Crippen LogP contribution in [-0.4, -0.2) is 198 Å². The number of piperidine rings is 2. The number of nitrogens with one attached hydrogen (secondary N) is 7. The molecule has 11 rings (SSSR count). The first-order chi connectivity index (χ1) is 50.2. The highest BCUT2D eigenvalue weighted by Crippen LogP contribution is 2.44. The third kappa shape index (κ3) is 19.1. The number of pyridine rings is 1. The fourth-order valence-corrected chi connectivity index (χ4v) is 13.0. The first kappa shape index (κ1) is 75.6. The Morgan fingerprint density at radius 2 is 1.54 bits per heavy atom. The lowest BCUT2D eigenvalue weighted by molar-refractivity contribution is -0.131. The number of benzene rings is 4. The molecule has 3 saturated heterocycles. The number of anilines is 2. The maximum Gasteiger partial charge on any atom is 0.332 e. The molecule has 12 N–H and O–H groups in total. The zero-order chi connectivity index (χ0) is 73.9. The molecule has 1 aliphatic carbocycles. The van der Waals surface area contributed by atoms with Crippen LogP contribution in [0, 0.1) is 11.8 Å². The molecule has 0 unspecified atom stereocenters. The van der Waals surface area contributed by atoms with E-state index in [0.29, 0.717) is 70.7 Å². The quantitative estimate of drug-likeness (QED) is 0.0139. The minimum Gasteiger partial charge on any atom is -0.495 e. The lowest BCUT2D eigenvalue weighted by Crippen LogP contribution is -2.55. The van der Waals surface area contributed by atoms with Gasteiger partial charge in [0.15, 0.2) is 5.60 Å². The summed E-state index contributed by atoms with van der Waals surface area (Å²) in [7, 11) is 3.22. The van der Waals surface area contributed by atoms with Gasteiger partial charge in [0.2, 0.25) is 47.3 Å². The van der Waals surface area contributed by atoms with Crippen molar-refractivity contribution in [3.63, 3.8) is 0 Å². The van der Waals surface area contributed by atoms with Gasteiger partial charge >= 0.3 is 6.03 Å². The van der Waals surface area contributed by atoms with Crippen molar-refractivity contribution < 1.29 is 62.5 Å². The molecule has 4 aliphatic rings. The van der Waals surface area contributed by atoms with Gasteiger partial charge in [0, 0.05) is 111 Å². The largest absolute Gasteiger partial charge is 0.495 e. The number of aromatic nitrogens is 4. The third-order valence-electron chi connectivity index (χ3n) is 18.9. The van der Waals surface area contributed by atoms with Crippen LogP contribution < -0.4 is 63.5 Å². The number of imide groups is 1. The molecule has 3 aliphatic heterocycles. The zero-order valence-corrected chi connectivity index (χ0v) is 58.4. The van der Waals surface area contributed by atoms with Gasteiger partial charge in [0.25, 0.3) is 12.0 Å². The van der Waals surface area contributed by atoms with Gasteiger partial charge < -0.3 is 82.0 Å². The number of amides is 9. The molecule has 7 aromatic rings. The number of H-pyrrole nitrogens is 1. The van der Waals surface area contributed by atoms with E-state index in [1.165, 1.54) is 12.0 Å². The van der Waals surface area contributed by atoms with Crippen molar-refractivity contribution in [2.45, 2.75) is 100 Å². The number of aryl methyl sites for hydroxylation is 1. The summed E-state index contributed by atoms with van der Waals surface area (Å²) >= 11 is 0. The van der Waals surface area contributed by atoms with Gasteiger partial charge in [-0.2, -0.15) is 0 Å². The third-order valence-corrected chi connectivity index (χ3v) is 18.9. The van der Waals surface area contributed by atoms with E-state index in [2.05, 4.69) is 65.4 Å². The predicted molar refractivity (Wildman–Crippen MR) is 386 cm³/mol. The van der Waals surface area contributed by atoms with Crippen molar-refractivity contribution in [3.05, 3.63) is 148 Å². The fraction of sp³-hybridized carbons (Fsp3) is 0.405. The molecular formula is C74H88N16O14. The number of hydrogen-bond acceptors (Lipinski definition) is 19. The van der Waals surface area contributed by atoms with Crippen molar-refractivity contribution in [1.82, 2.24) is 61.2 Å². The number of urea groups is 1. The van der Waals surface area contributed by atoms with Gasteiger partial charge in [0.05, 0.1) is 62.9 Å². The Bertz CT molecular complexity index is 4390. The second-order valence-electron chi connectivity index (χ2n) is 26.1. The molecule has 30 heteroatoms. The van der Waals surface area contributed by atoms with Crippen molar-refractivity contribution in [2.75, 3.05) is 95.8 Å². The Labute approximate surface area is 600 Å². The monoisotopic (exact) mass is 1420 g/mol. The number of carboxylic acid groups (broad SMARTS) is 1. The minimum atomic E-state index is -1.37. The van der Waals surface area contributed by atoms with E-state index in [4.69, 9.17) is 45.5 Å². The number of ether oxygens (including phenoxy) is 3. The average Bonchev–Trinajstić information content (AvgIpc) is 1.14. The van der Waals surface area contributed by atoms with Gasteiger partial charge in [-0.25, -0.2) is 19.7 Å². The number of primary amides is 1. The van der Waals surface area contributed by atoms with Crippen LogP contribution in [0.15, 0.2) is 120 Å². The van der Waals surface area contributed by atoms with E-state index in [1.54, 1.807) is 29.9 Å². The molecule has 1 saturated carbocycles. The van der Waals surface area contributed by atoms with Crippen LogP contribution in [0.25, 0.3) is 32.9 Å². The van der Waals surface area contributed by atoms with E-state index in [-0.39, 0.29) is 82.5 Å². The Morgan fingerprint density at radius 1 is 0.817 bits per heavy atom. The van der Waals surface area contributed by atoms with Gasteiger partial charge in [0.1, 0.15) is 30.7 Å². The molecule has 0 spiro atoms. The van der Waals surface area contributed by atoms with E-state index in [1.807, 2.05) is 97.2 Å². The normalized spacial score (nSPS) is 16.2. The molecule has 30 nitrogen and oxygen atoms in total. The summed E-state index contributed by atoms with van der Waals surface area (Å²) in [5, 5.41) is 25.1. The highest BCUT2D eigenvalue weighted by atomic mass is 16.6. The first-order valence-corrected chi connectivity index (χ1v) is 34.5. The molecule has 104 heavy (non-hydrogen) atoms. The number of rotatable bonds is 29. The number of methoxy groups -OCH3 is 1. The Balaban J connectivity index is 0.00000380. The van der Waals surface area contributed by atoms with Crippen molar-refractivity contribution in [2.24, 2.45) is 18.5 Å². The predicted octanol–water partition coefficient (Wildman–Crippen LogP) is 2.58. The van der Waals surface area contributed by atoms with E-state index < -0.39 is 72.1 Å². The standard InChI is InChI=1S/C73H86N16O12.CH2O2/c1-72(81-30-10-13-48-16-21-59(99-3)58(38-48)88-34-27-65(95)89(71(88)98)45-79-61(91)23-22-60(75)90)28-35-86(36-29-72)51-25-32-87(33-26-51)70-83-56-20-17-49(55-43-85(2)69(97)66-53(55)24-31-76-66)39-54(56)67(84-70)73(101-52-18-19-52,50-14-8-5-9-15-50)44-100-46-80-63(93)41-78-68(96)57(37-47-11-6-4-7-12-47)82-64(94)42-77-62(92)40-74;2-1-3/h4-9,11-12,14-17,20-21,24,31,38-39,43,51-52,57,76,81H,18-19,22-23,25-30,32-37,40-42,44-46,74H2,1-3H3,(H2,75,90)(H,77,92)(H,78,96)(H,79,91)(H,80,93)(H,82,94);1H,(H,2,3)/t57-,73-;/m0./s1. The molecule has 6 heterocycles. The van der Waals surface area contributed by atoms with Crippen LogP contribution in [0.1, 0.15) is 87.1 Å². The molecule has 4 aromatic carbocycles. The Hall–Kier alpha value is -11.1. The Morgan fingerprint density at radius 3 is 2.24 bits per heavy atom. The zero-order valence-electron chi connectivity index (χ0n) is 58.4. The summed E-state index contributed by atoms with van der Waals surface area (Å²) < 4.78 is 21.0. The number of aromatic amines is 1. The summed E-state index contributed by atoms with van der Waals surface area (Å²) in [6, 6.07) is 30.7. The van der Waals surface area contributed by atoms with Gasteiger partial charge in [-0.3, -0.25) is 48.1 Å². The van der Waals surface area contributed by atoms with E-state index in [0.717, 1.165) is 84.2 Å². The number of nitrogens with two attached hydrogens (primary N) is 2. The SMILES string of the molecule is COc1ccc(C#CCNC2(C)CCN(C3CCN(c4nc([C@@](COCNC(=O)CNC(=O)[C@H](Cc5ccccc5)NC(=O)CNC(=O)CN)(OC5CC5)c5ccccc5)c5cc(-c6cn(C)c(=O)c7[nH]ccc67)ccc5n4)CC3)CC2)cc1N1CCC(=O)N(CNC(=O)CCC(N)=O)C1=O.O=CO. The second-order valence-corrected chi connectivity index (χ2v) is 26.1. The molecule has 9 amide bonds. The average molecular weight is 1430 g/mol. The van der Waals surface area contributed by atoms with Crippen molar-refractivity contribution in [1.29, 1.82) is 0 Å². The van der Waals surface area contributed by atoms with Crippen LogP contribution >= 0.6 is 0 Å². The van der Waals surface area contributed by atoms with Gasteiger partial charge in [-0.05, 0) is 98.5 Å². The lowest BCUT2D eigenvalue weighted by atomic mass is 9.87. The summed E-state index contributed by atoms with van der Waals surface area (Å²) in [4.78, 5) is 145. The number of fused-ring (bicyclic) bond motifs is 2. The number of hydrogen-bond donors (Lipinski definition) is 10. The van der Waals surface area contributed by atoms with Crippen LogP contribution in [0.4, 0.5) is 16.4 Å². The summed E-state index contributed by atoms with van der Waals surface area (Å²) in [6.07, 6.45) is 8.37. The van der Waals surface area contributed by atoms with Gasteiger partial charge in [-0.15, -0.1) is 0 Å². The smallest absolute Gasteiger partial charge is 0.332 e. The number of nitrogens with zero attached hydrogens (tertiary/aromatic N) is 7. The first-order valence-electron chi connectivity index (χ1n) is 34.5. The van der Waals surface area contributed by atoms with Crippen LogP contribution in [0.3, 0.4) is 0 Å². The maximum atomic E-state index is 13.7.